The van der Waals surface area contributed by atoms with Crippen molar-refractivity contribution in [1.82, 2.24) is 4.90 Å². The van der Waals surface area contributed by atoms with Crippen molar-refractivity contribution in [2.24, 2.45) is 0 Å². The van der Waals surface area contributed by atoms with Crippen LogP contribution in [0.25, 0.3) is 0 Å². The summed E-state index contributed by atoms with van der Waals surface area (Å²) in [5.41, 5.74) is 0.641. The number of likely N-dealkylation sites (tertiary alicyclic amines) is 1. The molecule has 0 aliphatic carbocycles. The van der Waals surface area contributed by atoms with Crippen LogP contribution in [-0.4, -0.2) is 29.2 Å². The average Bonchev–Trinajstić information content (AvgIpc) is 2.72. The molecule has 0 spiro atoms. The van der Waals surface area contributed by atoms with Gasteiger partial charge in [-0.15, -0.1) is 0 Å². The van der Waals surface area contributed by atoms with Gasteiger partial charge < -0.3 is 5.11 Å². The molecule has 1 fully saturated rings. The van der Waals surface area contributed by atoms with Gasteiger partial charge in [0.25, 0.3) is 0 Å². The van der Waals surface area contributed by atoms with E-state index in [1.807, 2.05) is 0 Å². The van der Waals surface area contributed by atoms with Crippen LogP contribution in [0.5, 0.6) is 0 Å². The first-order valence-corrected chi connectivity index (χ1v) is 6.37. The van der Waals surface area contributed by atoms with E-state index in [-0.39, 0.29) is 12.4 Å². The molecule has 1 saturated heterocycles. The molecule has 1 N–H and O–H groups in total. The van der Waals surface area contributed by atoms with Gasteiger partial charge in [0, 0.05) is 29.8 Å². The number of hydrogen-bond donors (Lipinski definition) is 1. The molecule has 1 atom stereocenters. The zero-order chi connectivity index (χ0) is 12.3. The quantitative estimate of drug-likeness (QED) is 0.897. The van der Waals surface area contributed by atoms with E-state index in [1.165, 1.54) is 6.07 Å². The van der Waals surface area contributed by atoms with Crippen molar-refractivity contribution in [2.45, 2.75) is 31.8 Å². The van der Waals surface area contributed by atoms with E-state index in [2.05, 4.69) is 4.90 Å². The molecule has 1 heterocycles. The molecule has 1 aliphatic rings. The summed E-state index contributed by atoms with van der Waals surface area (Å²) in [5.74, 6) is -0.205. The number of hydrogen-bond acceptors (Lipinski definition) is 2. The lowest BCUT2D eigenvalue weighted by Crippen LogP contribution is -2.30. The summed E-state index contributed by atoms with van der Waals surface area (Å²) in [6.45, 7) is 1.74. The Morgan fingerprint density at radius 2 is 2.29 bits per heavy atom. The minimum Gasteiger partial charge on any atom is -0.396 e. The van der Waals surface area contributed by atoms with E-state index in [0.29, 0.717) is 23.2 Å². The normalized spacial score (nSPS) is 21.0. The molecule has 17 heavy (non-hydrogen) atoms. The van der Waals surface area contributed by atoms with Gasteiger partial charge in [-0.3, -0.25) is 4.90 Å². The van der Waals surface area contributed by atoms with Crippen molar-refractivity contribution in [3.63, 3.8) is 0 Å². The third-order valence-corrected chi connectivity index (χ3v) is 3.58. The van der Waals surface area contributed by atoms with Crippen LogP contribution in [0.2, 0.25) is 5.02 Å². The van der Waals surface area contributed by atoms with Crippen LogP contribution in [-0.2, 0) is 6.54 Å². The number of halogens is 2. The Balaban J connectivity index is 2.06. The van der Waals surface area contributed by atoms with Crippen molar-refractivity contribution in [2.75, 3.05) is 13.2 Å². The van der Waals surface area contributed by atoms with E-state index in [0.717, 1.165) is 25.8 Å². The third kappa shape index (κ3) is 3.18. The lowest BCUT2D eigenvalue weighted by molar-refractivity contribution is 0.188. The van der Waals surface area contributed by atoms with E-state index in [1.54, 1.807) is 12.1 Å². The zero-order valence-corrected chi connectivity index (χ0v) is 10.5. The fourth-order valence-corrected chi connectivity index (χ4v) is 2.66. The third-order valence-electron chi connectivity index (χ3n) is 3.34. The van der Waals surface area contributed by atoms with Gasteiger partial charge in [0.1, 0.15) is 5.82 Å². The number of rotatable bonds is 4. The van der Waals surface area contributed by atoms with E-state index >= 15 is 0 Å². The molecule has 0 amide bonds. The van der Waals surface area contributed by atoms with Gasteiger partial charge >= 0.3 is 0 Å². The second kappa shape index (κ2) is 5.80. The molecule has 0 bridgehead atoms. The van der Waals surface area contributed by atoms with Crippen molar-refractivity contribution >= 4 is 11.6 Å². The minimum absolute atomic E-state index is 0.194. The maximum absolute atomic E-state index is 13.6. The second-order valence-corrected chi connectivity index (χ2v) is 4.95. The summed E-state index contributed by atoms with van der Waals surface area (Å²) in [4.78, 5) is 2.23. The average molecular weight is 258 g/mol. The maximum atomic E-state index is 13.6. The van der Waals surface area contributed by atoms with Gasteiger partial charge in [0.2, 0.25) is 0 Å². The highest BCUT2D eigenvalue weighted by atomic mass is 35.5. The number of benzene rings is 1. The zero-order valence-electron chi connectivity index (χ0n) is 9.70. The number of aliphatic hydroxyl groups excluding tert-OH is 1. The Kier molecular flexibility index (Phi) is 4.37. The highest BCUT2D eigenvalue weighted by Crippen LogP contribution is 2.24. The Morgan fingerprint density at radius 1 is 1.47 bits per heavy atom. The molecule has 0 radical (unpaired) electrons. The van der Waals surface area contributed by atoms with Crippen LogP contribution < -0.4 is 0 Å². The first-order chi connectivity index (χ1) is 8.20. The van der Waals surface area contributed by atoms with Crippen LogP contribution in [0, 0.1) is 5.82 Å². The molecular formula is C13H17ClFNO. The molecule has 0 saturated carbocycles. The second-order valence-electron chi connectivity index (χ2n) is 4.51. The number of aliphatic hydroxyl groups is 1. The predicted octanol–water partition coefficient (Wildman–Crippen LogP) is 2.83. The number of nitrogens with zero attached hydrogens (tertiary/aromatic N) is 1. The van der Waals surface area contributed by atoms with Crippen molar-refractivity contribution in [1.29, 1.82) is 0 Å². The Morgan fingerprint density at radius 3 is 3.06 bits per heavy atom. The van der Waals surface area contributed by atoms with Gasteiger partial charge in [0.05, 0.1) is 0 Å². The summed E-state index contributed by atoms with van der Waals surface area (Å²) in [7, 11) is 0. The smallest absolute Gasteiger partial charge is 0.127 e. The van der Waals surface area contributed by atoms with Gasteiger partial charge in [-0.25, -0.2) is 4.39 Å². The van der Waals surface area contributed by atoms with Crippen LogP contribution in [0.4, 0.5) is 4.39 Å². The molecule has 94 valence electrons. The molecular weight excluding hydrogens is 241 g/mol. The standard InChI is InChI=1S/C13H17ClFNO/c14-11-3-4-13(15)10(8-11)9-16-6-1-2-12(16)5-7-17/h3-4,8,12,17H,1-2,5-7,9H2. The first kappa shape index (κ1) is 12.8. The summed E-state index contributed by atoms with van der Waals surface area (Å²) < 4.78 is 13.6. The fourth-order valence-electron chi connectivity index (χ4n) is 2.46. The Hall–Kier alpha value is -0.640. The highest BCUT2D eigenvalue weighted by Gasteiger charge is 2.24. The van der Waals surface area contributed by atoms with Gasteiger partial charge in [-0.1, -0.05) is 11.6 Å². The van der Waals surface area contributed by atoms with Crippen LogP contribution in [0.3, 0.4) is 0 Å². The topological polar surface area (TPSA) is 23.5 Å². The molecule has 2 nitrogen and oxygen atoms in total. The van der Waals surface area contributed by atoms with Crippen LogP contribution >= 0.6 is 11.6 Å². The van der Waals surface area contributed by atoms with Gasteiger partial charge in [0.15, 0.2) is 0 Å². The fraction of sp³-hybridized carbons (Fsp3) is 0.538. The van der Waals surface area contributed by atoms with Crippen LogP contribution in [0.15, 0.2) is 18.2 Å². The Bertz CT molecular complexity index is 386. The monoisotopic (exact) mass is 257 g/mol. The summed E-state index contributed by atoms with van der Waals surface area (Å²) in [6, 6.07) is 5.04. The molecule has 0 aromatic heterocycles. The molecule has 2 rings (SSSR count). The summed E-state index contributed by atoms with van der Waals surface area (Å²) >= 11 is 5.87. The highest BCUT2D eigenvalue weighted by molar-refractivity contribution is 6.30. The van der Waals surface area contributed by atoms with Crippen molar-refractivity contribution in [3.8, 4) is 0 Å². The van der Waals surface area contributed by atoms with Crippen molar-refractivity contribution in [3.05, 3.63) is 34.6 Å². The molecule has 1 aliphatic heterocycles. The van der Waals surface area contributed by atoms with Gasteiger partial charge in [-0.2, -0.15) is 0 Å². The summed E-state index contributed by atoms with van der Waals surface area (Å²) in [6.07, 6.45) is 2.97. The predicted molar refractivity (Wildman–Crippen MR) is 66.5 cm³/mol. The molecule has 1 aromatic rings. The maximum Gasteiger partial charge on any atom is 0.127 e. The SMILES string of the molecule is OCCC1CCCN1Cc1cc(Cl)ccc1F. The largest absolute Gasteiger partial charge is 0.396 e. The van der Waals surface area contributed by atoms with Gasteiger partial charge in [-0.05, 0) is 44.0 Å². The lowest BCUT2D eigenvalue weighted by atomic mass is 10.1. The van der Waals surface area contributed by atoms with Crippen LogP contribution in [0.1, 0.15) is 24.8 Å². The minimum atomic E-state index is -0.205. The Labute approximate surface area is 106 Å². The molecule has 1 aromatic carbocycles. The molecule has 1 unspecified atom stereocenters. The van der Waals surface area contributed by atoms with Crippen molar-refractivity contribution < 1.29 is 9.50 Å². The summed E-state index contributed by atoms with van der Waals surface area (Å²) in [5, 5.41) is 9.56. The lowest BCUT2D eigenvalue weighted by Gasteiger charge is -2.24. The first-order valence-electron chi connectivity index (χ1n) is 5.99. The van der Waals surface area contributed by atoms with E-state index in [4.69, 9.17) is 16.7 Å². The van der Waals surface area contributed by atoms with E-state index in [9.17, 15) is 4.39 Å². The molecule has 4 heteroatoms. The van der Waals surface area contributed by atoms with E-state index < -0.39 is 0 Å².